The minimum Gasteiger partial charge on any atom is -0.234 e. The predicted octanol–water partition coefficient (Wildman–Crippen LogP) is 12.9. The van der Waals surface area contributed by atoms with E-state index in [0.29, 0.717) is 0 Å². The van der Waals surface area contributed by atoms with Gasteiger partial charge in [-0.05, 0) is 31.4 Å². The molecule has 1 heterocycles. The Kier molecular flexibility index (Phi) is 23.6. The summed E-state index contributed by atoms with van der Waals surface area (Å²) in [4.78, 5) is 0. The van der Waals surface area contributed by atoms with E-state index in [1.165, 1.54) is 198 Å². The first-order valence-corrected chi connectivity index (χ1v) is 19.0. The second-order valence-corrected chi connectivity index (χ2v) is 13.2. The molecule has 2 nitrogen and oxygen atoms in total. The number of aromatic nitrogens is 2. The van der Waals surface area contributed by atoms with Crippen LogP contribution in [0.4, 0.5) is 0 Å². The quantitative estimate of drug-likeness (QED) is 0.0643. The molecule has 1 aromatic heterocycles. The number of benzene rings is 1. The van der Waals surface area contributed by atoms with E-state index in [-0.39, 0.29) is 0 Å². The number of hydrogen-bond acceptors (Lipinski definition) is 0. The van der Waals surface area contributed by atoms with Crippen LogP contribution in [0.15, 0.2) is 42.7 Å². The fourth-order valence-electron chi connectivity index (χ4n) is 6.53. The molecule has 0 saturated carbocycles. The van der Waals surface area contributed by atoms with Crippen molar-refractivity contribution in [3.8, 4) is 5.69 Å². The number of imidazole rings is 1. The van der Waals surface area contributed by atoms with E-state index in [0.717, 1.165) is 0 Å². The van der Waals surface area contributed by atoms with E-state index in [2.05, 4.69) is 65.7 Å². The Morgan fingerprint density at radius 2 is 0.833 bits per heavy atom. The highest BCUT2D eigenvalue weighted by Gasteiger charge is 2.18. The normalized spacial score (nSPS) is 11.5. The number of para-hydroxylation sites is 1. The molecule has 0 aliphatic rings. The SMILES string of the molecule is CCCCCCCCCCCCCCCCCC[n+]1ccn(-c2ccccc2)c1CCCCCCCCCCCCC. The van der Waals surface area contributed by atoms with E-state index < -0.39 is 0 Å². The first-order valence-electron chi connectivity index (χ1n) is 19.0. The highest BCUT2D eigenvalue weighted by atomic mass is 15.1. The first kappa shape index (κ1) is 36.6. The van der Waals surface area contributed by atoms with Crippen molar-refractivity contribution in [2.75, 3.05) is 0 Å². The second-order valence-electron chi connectivity index (χ2n) is 13.2. The monoisotopic (exact) mass is 580 g/mol. The van der Waals surface area contributed by atoms with Crippen molar-refractivity contribution in [2.24, 2.45) is 0 Å². The molecule has 0 atom stereocenters. The molecule has 0 spiro atoms. The average molecular weight is 580 g/mol. The average Bonchev–Trinajstić information content (AvgIpc) is 3.42. The van der Waals surface area contributed by atoms with E-state index in [1.54, 1.807) is 0 Å². The van der Waals surface area contributed by atoms with Gasteiger partial charge in [0.1, 0.15) is 18.1 Å². The Balaban J connectivity index is 1.56. The number of hydrogen-bond donors (Lipinski definition) is 0. The molecule has 0 radical (unpaired) electrons. The van der Waals surface area contributed by atoms with Crippen molar-refractivity contribution in [3.05, 3.63) is 48.5 Å². The highest BCUT2D eigenvalue weighted by molar-refractivity contribution is 5.31. The van der Waals surface area contributed by atoms with Gasteiger partial charge in [-0.15, -0.1) is 0 Å². The molecule has 0 bridgehead atoms. The van der Waals surface area contributed by atoms with Gasteiger partial charge in [0, 0.05) is 6.42 Å². The van der Waals surface area contributed by atoms with Gasteiger partial charge in [0.2, 0.25) is 0 Å². The third-order valence-corrected chi connectivity index (χ3v) is 9.30. The molecule has 42 heavy (non-hydrogen) atoms. The molecule has 0 aliphatic heterocycles. The minimum absolute atomic E-state index is 1.17. The Morgan fingerprint density at radius 1 is 0.452 bits per heavy atom. The maximum atomic E-state index is 2.56. The van der Waals surface area contributed by atoms with Crippen LogP contribution in [0.3, 0.4) is 0 Å². The van der Waals surface area contributed by atoms with Crippen LogP contribution in [0.1, 0.15) is 193 Å². The van der Waals surface area contributed by atoms with E-state index in [4.69, 9.17) is 0 Å². The van der Waals surface area contributed by atoms with Crippen LogP contribution < -0.4 is 4.57 Å². The van der Waals surface area contributed by atoms with Crippen LogP contribution in [0, 0.1) is 0 Å². The third kappa shape index (κ3) is 18.2. The summed E-state index contributed by atoms with van der Waals surface area (Å²) in [5.74, 6) is 1.50. The van der Waals surface area contributed by atoms with Crippen LogP contribution in [-0.4, -0.2) is 4.57 Å². The van der Waals surface area contributed by atoms with Crippen molar-refractivity contribution in [1.82, 2.24) is 4.57 Å². The fraction of sp³-hybridized carbons (Fsp3) is 0.775. The van der Waals surface area contributed by atoms with Crippen molar-refractivity contribution in [2.45, 2.75) is 200 Å². The van der Waals surface area contributed by atoms with E-state index in [1.807, 2.05) is 0 Å². The van der Waals surface area contributed by atoms with Gasteiger partial charge in [-0.3, -0.25) is 0 Å². The topological polar surface area (TPSA) is 8.81 Å². The molecule has 0 aliphatic carbocycles. The van der Waals surface area contributed by atoms with Gasteiger partial charge >= 0.3 is 0 Å². The lowest BCUT2D eigenvalue weighted by Gasteiger charge is -2.07. The number of nitrogens with zero attached hydrogens (tertiary/aromatic N) is 2. The molecule has 240 valence electrons. The third-order valence-electron chi connectivity index (χ3n) is 9.30. The fourth-order valence-corrected chi connectivity index (χ4v) is 6.53. The van der Waals surface area contributed by atoms with Crippen molar-refractivity contribution in [3.63, 3.8) is 0 Å². The highest BCUT2D eigenvalue weighted by Crippen LogP contribution is 2.16. The Labute approximate surface area is 263 Å². The zero-order valence-electron chi connectivity index (χ0n) is 28.4. The van der Waals surface area contributed by atoms with Crippen molar-refractivity contribution < 1.29 is 4.57 Å². The number of unbranched alkanes of at least 4 members (excludes halogenated alkanes) is 25. The van der Waals surface area contributed by atoms with Crippen LogP contribution in [0.2, 0.25) is 0 Å². The summed E-state index contributed by atoms with van der Waals surface area (Å²) in [7, 11) is 0. The largest absolute Gasteiger partial charge is 0.261 e. The van der Waals surface area contributed by atoms with E-state index in [9.17, 15) is 0 Å². The minimum atomic E-state index is 1.17. The lowest BCUT2D eigenvalue weighted by atomic mass is 10.0. The maximum Gasteiger partial charge on any atom is 0.261 e. The molecule has 0 saturated heterocycles. The van der Waals surface area contributed by atoms with Crippen LogP contribution in [-0.2, 0) is 13.0 Å². The molecular weight excluding hydrogens is 508 g/mol. The summed E-state index contributed by atoms with van der Waals surface area (Å²) < 4.78 is 5.01. The molecule has 0 unspecified atom stereocenters. The maximum absolute atomic E-state index is 2.56. The standard InChI is InChI=1S/C40H71N2/c1-3-5-7-9-11-13-15-16-17-18-19-21-23-25-27-32-36-41-37-38-42(39-33-29-28-30-34-39)40(41)35-31-26-24-22-20-14-12-10-8-6-4-2/h28-30,33-34,37-38H,3-27,31-32,35-36H2,1-2H3/q+1. The zero-order chi connectivity index (χ0) is 29.8. The van der Waals surface area contributed by atoms with Gasteiger partial charge in [-0.25, -0.2) is 4.57 Å². The predicted molar refractivity (Wildman–Crippen MR) is 186 cm³/mol. The summed E-state index contributed by atoms with van der Waals surface area (Å²) in [5, 5.41) is 0. The van der Waals surface area contributed by atoms with E-state index >= 15 is 0 Å². The van der Waals surface area contributed by atoms with Crippen molar-refractivity contribution in [1.29, 1.82) is 0 Å². The zero-order valence-corrected chi connectivity index (χ0v) is 28.4. The Hall–Kier alpha value is -1.57. The van der Waals surface area contributed by atoms with Gasteiger partial charge in [0.15, 0.2) is 0 Å². The van der Waals surface area contributed by atoms with Gasteiger partial charge < -0.3 is 0 Å². The summed E-state index contributed by atoms with van der Waals surface area (Å²) >= 11 is 0. The van der Waals surface area contributed by atoms with Gasteiger partial charge in [0.25, 0.3) is 5.82 Å². The molecule has 2 rings (SSSR count). The summed E-state index contributed by atoms with van der Waals surface area (Å²) in [6.07, 6.45) is 44.3. The van der Waals surface area contributed by atoms with Crippen molar-refractivity contribution >= 4 is 0 Å². The van der Waals surface area contributed by atoms with Crippen LogP contribution in [0.5, 0.6) is 0 Å². The lowest BCUT2D eigenvalue weighted by molar-refractivity contribution is -0.704. The number of rotatable bonds is 30. The molecule has 2 heteroatoms. The van der Waals surface area contributed by atoms with Gasteiger partial charge in [0.05, 0.1) is 6.54 Å². The van der Waals surface area contributed by atoms with Crippen LogP contribution >= 0.6 is 0 Å². The van der Waals surface area contributed by atoms with Gasteiger partial charge in [-0.1, -0.05) is 186 Å². The lowest BCUT2D eigenvalue weighted by Crippen LogP contribution is -2.37. The molecule has 0 N–H and O–H groups in total. The number of aryl methyl sites for hydroxylation is 1. The summed E-state index contributed by atoms with van der Waals surface area (Å²) in [6, 6.07) is 11.0. The molecule has 2 aromatic rings. The second kappa shape index (κ2) is 27.0. The Morgan fingerprint density at radius 3 is 1.26 bits per heavy atom. The first-order chi connectivity index (χ1) is 20.9. The smallest absolute Gasteiger partial charge is 0.234 e. The molecule has 0 fully saturated rings. The molecule has 0 amide bonds. The Bertz CT molecular complexity index is 823. The van der Waals surface area contributed by atoms with Crippen LogP contribution in [0.25, 0.3) is 5.69 Å². The molecule has 1 aromatic carbocycles. The summed E-state index contributed by atoms with van der Waals surface area (Å²) in [6.45, 7) is 5.78. The summed E-state index contributed by atoms with van der Waals surface area (Å²) in [5.41, 5.74) is 1.31. The van der Waals surface area contributed by atoms with Gasteiger partial charge in [-0.2, -0.15) is 4.57 Å². The molecular formula is C40H71N2+.